The minimum Gasteiger partial charge on any atom is -0.377 e. The molecule has 0 radical (unpaired) electrons. The number of hydrogen-bond donors (Lipinski definition) is 0. The summed E-state index contributed by atoms with van der Waals surface area (Å²) in [5, 5.41) is 0. The topological polar surface area (TPSA) is 3.24 Å². The van der Waals surface area contributed by atoms with Crippen molar-refractivity contribution in [2.24, 2.45) is 0 Å². The standard InChI is InChI=1S/C16H13FIN/c1-19(2)16-10-9-14(17)11-13(16)8-7-12-5-3-4-6-15(12)18/h3-6,9-11H,1-2H3. The molecule has 2 rings (SSSR count). The first-order valence-electron chi connectivity index (χ1n) is 5.81. The van der Waals surface area contributed by atoms with Gasteiger partial charge in [0.25, 0.3) is 0 Å². The second-order valence-electron chi connectivity index (χ2n) is 4.29. The molecule has 2 aromatic rings. The van der Waals surface area contributed by atoms with Gasteiger partial charge in [0.1, 0.15) is 5.82 Å². The molecule has 0 aliphatic heterocycles. The molecule has 0 bridgehead atoms. The molecule has 0 atom stereocenters. The molecule has 2 aromatic carbocycles. The molecule has 0 aromatic heterocycles. The Morgan fingerprint density at radius 3 is 2.37 bits per heavy atom. The van der Waals surface area contributed by atoms with E-state index in [1.54, 1.807) is 6.07 Å². The summed E-state index contributed by atoms with van der Waals surface area (Å²) in [7, 11) is 3.84. The lowest BCUT2D eigenvalue weighted by Gasteiger charge is -2.14. The van der Waals surface area contributed by atoms with Crippen LogP contribution in [0.25, 0.3) is 0 Å². The summed E-state index contributed by atoms with van der Waals surface area (Å²) in [5.41, 5.74) is 2.57. The molecule has 0 aliphatic carbocycles. The highest BCUT2D eigenvalue weighted by Crippen LogP contribution is 2.19. The summed E-state index contributed by atoms with van der Waals surface area (Å²) in [6.07, 6.45) is 0. The van der Waals surface area contributed by atoms with Gasteiger partial charge in [-0.3, -0.25) is 0 Å². The minimum absolute atomic E-state index is 0.266. The Hall–Kier alpha value is -1.54. The van der Waals surface area contributed by atoms with Crippen LogP contribution in [-0.4, -0.2) is 14.1 Å². The molecule has 96 valence electrons. The number of nitrogens with zero attached hydrogens (tertiary/aromatic N) is 1. The Morgan fingerprint density at radius 1 is 1.00 bits per heavy atom. The maximum atomic E-state index is 13.3. The molecule has 0 saturated carbocycles. The molecule has 0 saturated heterocycles. The van der Waals surface area contributed by atoms with E-state index < -0.39 is 0 Å². The Bertz CT molecular complexity index is 653. The van der Waals surface area contributed by atoms with E-state index in [1.807, 2.05) is 43.3 Å². The maximum Gasteiger partial charge on any atom is 0.124 e. The lowest BCUT2D eigenvalue weighted by atomic mass is 10.1. The van der Waals surface area contributed by atoms with Crippen LogP contribution in [0.15, 0.2) is 42.5 Å². The third-order valence-electron chi connectivity index (χ3n) is 2.65. The first-order chi connectivity index (χ1) is 9.08. The van der Waals surface area contributed by atoms with Crippen LogP contribution < -0.4 is 4.90 Å². The fourth-order valence-corrected chi connectivity index (χ4v) is 2.22. The molecule has 0 spiro atoms. The van der Waals surface area contributed by atoms with Crippen molar-refractivity contribution < 1.29 is 4.39 Å². The molecule has 0 amide bonds. The smallest absolute Gasteiger partial charge is 0.124 e. The Labute approximate surface area is 126 Å². The third kappa shape index (κ3) is 3.48. The molecule has 0 aliphatic rings. The normalized spacial score (nSPS) is 9.68. The van der Waals surface area contributed by atoms with E-state index in [2.05, 4.69) is 34.4 Å². The average molecular weight is 365 g/mol. The van der Waals surface area contributed by atoms with Crippen LogP contribution in [0, 0.1) is 21.2 Å². The van der Waals surface area contributed by atoms with Gasteiger partial charge in [-0.05, 0) is 52.9 Å². The quantitative estimate of drug-likeness (QED) is 0.548. The number of hydrogen-bond acceptors (Lipinski definition) is 1. The second kappa shape index (κ2) is 6.07. The summed E-state index contributed by atoms with van der Waals surface area (Å²) >= 11 is 2.24. The van der Waals surface area contributed by atoms with Gasteiger partial charge in [0.15, 0.2) is 0 Å². The summed E-state index contributed by atoms with van der Waals surface area (Å²) in [5.74, 6) is 5.89. The minimum atomic E-state index is -0.266. The van der Waals surface area contributed by atoms with Crippen LogP contribution in [-0.2, 0) is 0 Å². The molecule has 0 N–H and O–H groups in total. The van der Waals surface area contributed by atoms with E-state index in [1.165, 1.54) is 12.1 Å². The highest BCUT2D eigenvalue weighted by molar-refractivity contribution is 14.1. The van der Waals surface area contributed by atoms with Crippen LogP contribution in [0.3, 0.4) is 0 Å². The van der Waals surface area contributed by atoms with Gasteiger partial charge in [0.05, 0.1) is 11.3 Å². The second-order valence-corrected chi connectivity index (χ2v) is 5.45. The largest absolute Gasteiger partial charge is 0.377 e. The summed E-state index contributed by atoms with van der Waals surface area (Å²) in [6.45, 7) is 0. The van der Waals surface area contributed by atoms with Gasteiger partial charge in [-0.15, -0.1) is 0 Å². The molecule has 0 fully saturated rings. The predicted molar refractivity (Wildman–Crippen MR) is 85.9 cm³/mol. The van der Waals surface area contributed by atoms with Crippen molar-refractivity contribution >= 4 is 28.3 Å². The number of anilines is 1. The maximum absolute atomic E-state index is 13.3. The molecule has 19 heavy (non-hydrogen) atoms. The molecule has 0 unspecified atom stereocenters. The van der Waals surface area contributed by atoms with Gasteiger partial charge in [-0.25, -0.2) is 4.39 Å². The summed E-state index contributed by atoms with van der Waals surface area (Å²) < 4.78 is 14.4. The summed E-state index contributed by atoms with van der Waals surface area (Å²) in [6, 6.07) is 12.6. The van der Waals surface area contributed by atoms with Gasteiger partial charge in [0, 0.05) is 23.2 Å². The number of halogens is 2. The Balaban J connectivity index is 2.45. The third-order valence-corrected chi connectivity index (χ3v) is 3.59. The van der Waals surface area contributed by atoms with Crippen molar-refractivity contribution in [3.8, 4) is 11.8 Å². The number of benzene rings is 2. The van der Waals surface area contributed by atoms with E-state index in [4.69, 9.17) is 0 Å². The molecular formula is C16H13FIN. The van der Waals surface area contributed by atoms with E-state index in [0.29, 0.717) is 5.56 Å². The van der Waals surface area contributed by atoms with Crippen molar-refractivity contribution in [2.45, 2.75) is 0 Å². The monoisotopic (exact) mass is 365 g/mol. The molecular weight excluding hydrogens is 352 g/mol. The average Bonchev–Trinajstić information content (AvgIpc) is 2.37. The SMILES string of the molecule is CN(C)c1ccc(F)cc1C#Cc1ccccc1I. The van der Waals surface area contributed by atoms with Crippen molar-refractivity contribution in [2.75, 3.05) is 19.0 Å². The van der Waals surface area contributed by atoms with Gasteiger partial charge in [-0.2, -0.15) is 0 Å². The molecule has 3 heteroatoms. The summed E-state index contributed by atoms with van der Waals surface area (Å²) in [4.78, 5) is 1.93. The van der Waals surface area contributed by atoms with Crippen molar-refractivity contribution in [1.82, 2.24) is 0 Å². The lowest BCUT2D eigenvalue weighted by Crippen LogP contribution is -2.10. The lowest BCUT2D eigenvalue weighted by molar-refractivity contribution is 0.627. The first-order valence-corrected chi connectivity index (χ1v) is 6.89. The van der Waals surface area contributed by atoms with Crippen LogP contribution in [0.1, 0.15) is 11.1 Å². The highest BCUT2D eigenvalue weighted by atomic mass is 127. The van der Waals surface area contributed by atoms with Gasteiger partial charge >= 0.3 is 0 Å². The highest BCUT2D eigenvalue weighted by Gasteiger charge is 2.03. The predicted octanol–water partition coefficient (Wildman–Crippen LogP) is 3.90. The van der Waals surface area contributed by atoms with Crippen LogP contribution in [0.5, 0.6) is 0 Å². The van der Waals surface area contributed by atoms with Crippen LogP contribution in [0.2, 0.25) is 0 Å². The zero-order valence-electron chi connectivity index (χ0n) is 10.7. The van der Waals surface area contributed by atoms with Gasteiger partial charge in [-0.1, -0.05) is 24.0 Å². The van der Waals surface area contributed by atoms with Crippen molar-refractivity contribution in [1.29, 1.82) is 0 Å². The zero-order chi connectivity index (χ0) is 13.8. The van der Waals surface area contributed by atoms with E-state index in [9.17, 15) is 4.39 Å². The Kier molecular flexibility index (Phi) is 4.43. The fourth-order valence-electron chi connectivity index (χ4n) is 1.70. The van der Waals surface area contributed by atoms with E-state index in [0.717, 1.165) is 14.8 Å². The van der Waals surface area contributed by atoms with E-state index in [-0.39, 0.29) is 5.82 Å². The Morgan fingerprint density at radius 2 is 1.68 bits per heavy atom. The first kappa shape index (κ1) is 13.9. The zero-order valence-corrected chi connectivity index (χ0v) is 12.9. The van der Waals surface area contributed by atoms with Crippen LogP contribution >= 0.6 is 22.6 Å². The fraction of sp³-hybridized carbons (Fsp3) is 0.125. The van der Waals surface area contributed by atoms with E-state index >= 15 is 0 Å². The number of rotatable bonds is 1. The van der Waals surface area contributed by atoms with Crippen molar-refractivity contribution in [3.05, 3.63) is 63.0 Å². The van der Waals surface area contributed by atoms with Gasteiger partial charge < -0.3 is 4.90 Å². The van der Waals surface area contributed by atoms with Gasteiger partial charge in [0.2, 0.25) is 0 Å². The molecule has 1 nitrogen and oxygen atoms in total. The molecule has 0 heterocycles. The van der Waals surface area contributed by atoms with Crippen LogP contribution in [0.4, 0.5) is 10.1 Å². The van der Waals surface area contributed by atoms with Crippen molar-refractivity contribution in [3.63, 3.8) is 0 Å².